The zero-order valence-electron chi connectivity index (χ0n) is 9.36. The van der Waals surface area contributed by atoms with Gasteiger partial charge in [0.05, 0.1) is 11.4 Å². The first-order valence-electron chi connectivity index (χ1n) is 5.14. The topological polar surface area (TPSA) is 79.4 Å². The van der Waals surface area contributed by atoms with Crippen molar-refractivity contribution in [1.82, 2.24) is 25.1 Å². The smallest absolute Gasteiger partial charge is 0.147 e. The normalized spacial score (nSPS) is 10.4. The van der Waals surface area contributed by atoms with Crippen LogP contribution in [0.25, 0.3) is 0 Å². The first kappa shape index (κ1) is 10.5. The second-order valence-electron chi connectivity index (χ2n) is 3.55. The Balaban J connectivity index is 1.92. The molecule has 0 aliphatic heterocycles. The molecule has 84 valence electrons. The van der Waals surface area contributed by atoms with E-state index in [2.05, 4.69) is 30.5 Å². The summed E-state index contributed by atoms with van der Waals surface area (Å²) in [4.78, 5) is 12.6. The fourth-order valence-electron chi connectivity index (χ4n) is 1.36. The van der Waals surface area contributed by atoms with Gasteiger partial charge in [-0.1, -0.05) is 0 Å². The van der Waals surface area contributed by atoms with E-state index in [9.17, 15) is 0 Å². The first-order valence-corrected chi connectivity index (χ1v) is 5.14. The van der Waals surface area contributed by atoms with Crippen LogP contribution < -0.4 is 5.32 Å². The maximum Gasteiger partial charge on any atom is 0.147 e. The van der Waals surface area contributed by atoms with Crippen LogP contribution in [0.2, 0.25) is 0 Å². The molecule has 0 atom stereocenters. The zero-order valence-corrected chi connectivity index (χ0v) is 9.36. The van der Waals surface area contributed by atoms with Crippen molar-refractivity contribution in [1.29, 1.82) is 0 Å². The van der Waals surface area contributed by atoms with E-state index in [4.69, 9.17) is 0 Å². The minimum atomic E-state index is 0.758. The lowest BCUT2D eigenvalue weighted by Crippen LogP contribution is -2.09. The third kappa shape index (κ3) is 2.53. The Morgan fingerprint density at radius 2 is 2.19 bits per heavy atom. The number of nitrogens with zero attached hydrogens (tertiary/aromatic N) is 4. The Morgan fingerprint density at radius 3 is 2.94 bits per heavy atom. The third-order valence-corrected chi connectivity index (χ3v) is 2.20. The van der Waals surface area contributed by atoms with Crippen LogP contribution in [0.4, 0.5) is 5.82 Å². The highest BCUT2D eigenvalue weighted by Gasteiger charge is 2.01. The van der Waals surface area contributed by atoms with Crippen LogP contribution in [0.5, 0.6) is 0 Å². The molecule has 2 rings (SSSR count). The summed E-state index contributed by atoms with van der Waals surface area (Å²) in [5.41, 5.74) is 1.82. The van der Waals surface area contributed by atoms with Gasteiger partial charge in [0.1, 0.15) is 18.0 Å². The Morgan fingerprint density at radius 1 is 1.31 bits per heavy atom. The van der Waals surface area contributed by atoms with E-state index < -0.39 is 0 Å². The van der Waals surface area contributed by atoms with Gasteiger partial charge in [0.15, 0.2) is 0 Å². The van der Waals surface area contributed by atoms with Gasteiger partial charge < -0.3 is 5.32 Å². The van der Waals surface area contributed by atoms with E-state index >= 15 is 0 Å². The quantitative estimate of drug-likeness (QED) is 0.795. The molecule has 0 radical (unpaired) electrons. The van der Waals surface area contributed by atoms with Crippen molar-refractivity contribution >= 4 is 5.82 Å². The van der Waals surface area contributed by atoms with Crippen LogP contribution in [0.1, 0.15) is 17.2 Å². The molecule has 0 fully saturated rings. The van der Waals surface area contributed by atoms with Crippen molar-refractivity contribution in [3.05, 3.63) is 29.7 Å². The number of hydrogen-bond acceptors (Lipinski definition) is 5. The van der Waals surface area contributed by atoms with Crippen molar-refractivity contribution in [3.63, 3.8) is 0 Å². The highest BCUT2D eigenvalue weighted by atomic mass is 15.2. The molecular weight excluding hydrogens is 204 g/mol. The molecule has 2 heterocycles. The molecule has 0 saturated heterocycles. The lowest BCUT2D eigenvalue weighted by atomic mass is 10.3. The number of aryl methyl sites for hydroxylation is 2. The van der Waals surface area contributed by atoms with Gasteiger partial charge in [0.25, 0.3) is 0 Å². The molecule has 0 saturated carbocycles. The zero-order chi connectivity index (χ0) is 11.4. The predicted octanol–water partition coefficient (Wildman–Crippen LogP) is 0.866. The van der Waals surface area contributed by atoms with Gasteiger partial charge in [0.2, 0.25) is 0 Å². The van der Waals surface area contributed by atoms with Gasteiger partial charge in [-0.3, -0.25) is 10.1 Å². The van der Waals surface area contributed by atoms with Crippen LogP contribution in [0, 0.1) is 13.8 Å². The monoisotopic (exact) mass is 218 g/mol. The van der Waals surface area contributed by atoms with Crippen molar-refractivity contribution < 1.29 is 0 Å². The molecule has 16 heavy (non-hydrogen) atoms. The molecular formula is C10H14N6. The van der Waals surface area contributed by atoms with Crippen molar-refractivity contribution in [2.24, 2.45) is 0 Å². The van der Waals surface area contributed by atoms with E-state index in [0.717, 1.165) is 36.0 Å². The third-order valence-electron chi connectivity index (χ3n) is 2.20. The molecule has 0 amide bonds. The Hall–Kier alpha value is -1.98. The fourth-order valence-corrected chi connectivity index (χ4v) is 1.36. The van der Waals surface area contributed by atoms with Gasteiger partial charge in [-0.05, 0) is 13.8 Å². The van der Waals surface area contributed by atoms with E-state index in [1.165, 1.54) is 6.33 Å². The van der Waals surface area contributed by atoms with Crippen LogP contribution in [-0.2, 0) is 6.42 Å². The Kier molecular flexibility index (Phi) is 3.09. The largest absolute Gasteiger partial charge is 0.368 e. The van der Waals surface area contributed by atoms with Crippen LogP contribution in [0.15, 0.2) is 12.5 Å². The number of anilines is 1. The predicted molar refractivity (Wildman–Crippen MR) is 60.1 cm³/mol. The van der Waals surface area contributed by atoms with Crippen molar-refractivity contribution in [2.45, 2.75) is 20.3 Å². The summed E-state index contributed by atoms with van der Waals surface area (Å²) in [5, 5.41) is 9.83. The summed E-state index contributed by atoms with van der Waals surface area (Å²) >= 11 is 0. The number of aromatic nitrogens is 5. The minimum absolute atomic E-state index is 0.758. The Bertz CT molecular complexity index is 450. The van der Waals surface area contributed by atoms with Gasteiger partial charge in [0, 0.05) is 19.2 Å². The second-order valence-corrected chi connectivity index (χ2v) is 3.55. The SMILES string of the molecule is Cc1cnc(C)c(NCCc2ncn[nH]2)n1. The second kappa shape index (κ2) is 4.69. The van der Waals surface area contributed by atoms with E-state index in [1.54, 1.807) is 6.20 Å². The summed E-state index contributed by atoms with van der Waals surface area (Å²) < 4.78 is 0. The summed E-state index contributed by atoms with van der Waals surface area (Å²) in [6, 6.07) is 0. The summed E-state index contributed by atoms with van der Waals surface area (Å²) in [7, 11) is 0. The summed E-state index contributed by atoms with van der Waals surface area (Å²) in [6.07, 6.45) is 4.05. The average Bonchev–Trinajstić information content (AvgIpc) is 2.76. The summed E-state index contributed by atoms with van der Waals surface area (Å²) in [6.45, 7) is 4.62. The van der Waals surface area contributed by atoms with E-state index in [0.29, 0.717) is 0 Å². The fraction of sp³-hybridized carbons (Fsp3) is 0.400. The molecule has 0 spiro atoms. The number of rotatable bonds is 4. The van der Waals surface area contributed by atoms with E-state index in [1.807, 2.05) is 13.8 Å². The average molecular weight is 218 g/mol. The number of nitrogens with one attached hydrogen (secondary N) is 2. The Labute approximate surface area is 93.6 Å². The van der Waals surface area contributed by atoms with Crippen molar-refractivity contribution in [2.75, 3.05) is 11.9 Å². The number of H-pyrrole nitrogens is 1. The maximum atomic E-state index is 4.37. The van der Waals surface area contributed by atoms with Gasteiger partial charge >= 0.3 is 0 Å². The van der Waals surface area contributed by atoms with Gasteiger partial charge in [-0.2, -0.15) is 5.10 Å². The molecule has 0 aliphatic rings. The first-order chi connectivity index (χ1) is 7.75. The molecule has 0 bridgehead atoms. The summed E-state index contributed by atoms with van der Waals surface area (Å²) in [5.74, 6) is 1.70. The maximum absolute atomic E-state index is 4.37. The molecule has 0 unspecified atom stereocenters. The molecule has 0 aliphatic carbocycles. The molecule has 6 heteroatoms. The highest BCUT2D eigenvalue weighted by Crippen LogP contribution is 2.08. The minimum Gasteiger partial charge on any atom is -0.368 e. The van der Waals surface area contributed by atoms with Crippen molar-refractivity contribution in [3.8, 4) is 0 Å². The molecule has 6 nitrogen and oxygen atoms in total. The van der Waals surface area contributed by atoms with Gasteiger partial charge in [-0.25, -0.2) is 9.97 Å². The van der Waals surface area contributed by atoms with Gasteiger partial charge in [-0.15, -0.1) is 0 Å². The lowest BCUT2D eigenvalue weighted by Gasteiger charge is -2.07. The lowest BCUT2D eigenvalue weighted by molar-refractivity contribution is 0.891. The van der Waals surface area contributed by atoms with Crippen LogP contribution in [0.3, 0.4) is 0 Å². The molecule has 2 aromatic heterocycles. The standard InChI is InChI=1S/C10H14N6/c1-7-5-12-8(2)10(15-7)11-4-3-9-13-6-14-16-9/h5-6H,3-4H2,1-2H3,(H,11,15)(H,13,14,16). The molecule has 0 aromatic carbocycles. The highest BCUT2D eigenvalue weighted by molar-refractivity contribution is 5.39. The number of aromatic amines is 1. The number of hydrogen-bond donors (Lipinski definition) is 2. The molecule has 2 aromatic rings. The van der Waals surface area contributed by atoms with Crippen LogP contribution >= 0.6 is 0 Å². The molecule has 2 N–H and O–H groups in total. The van der Waals surface area contributed by atoms with Crippen LogP contribution in [-0.4, -0.2) is 31.7 Å². The van der Waals surface area contributed by atoms with E-state index in [-0.39, 0.29) is 0 Å².